The quantitative estimate of drug-likeness (QED) is 0.133. The van der Waals surface area contributed by atoms with E-state index >= 15 is 0 Å². The molecule has 9 heteroatoms. The van der Waals surface area contributed by atoms with Gasteiger partial charge in [-0.05, 0) is 122 Å². The van der Waals surface area contributed by atoms with Gasteiger partial charge in [-0.1, -0.05) is 19.3 Å². The molecular weight excluding hydrogens is 721 g/mol. The first kappa shape index (κ1) is 22.7. The van der Waals surface area contributed by atoms with Gasteiger partial charge < -0.3 is 9.29 Å². The van der Waals surface area contributed by atoms with E-state index in [0.717, 1.165) is 42.8 Å². The largest absolute Gasteiger partial charge is 0.744 e. The summed E-state index contributed by atoms with van der Waals surface area (Å²) in [4.78, 5) is 12.4. The molecule has 1 aliphatic rings. The van der Waals surface area contributed by atoms with Crippen molar-refractivity contribution in [2.45, 2.75) is 42.9 Å². The summed E-state index contributed by atoms with van der Waals surface area (Å²) in [5, 5.41) is 0. The first-order valence-electron chi connectivity index (χ1n) is 8.64. The Hall–Kier alpha value is 0.0100. The summed E-state index contributed by atoms with van der Waals surface area (Å²) in [6.45, 7) is 0. The fourth-order valence-corrected chi connectivity index (χ4v) is 6.27. The van der Waals surface area contributed by atoms with E-state index in [9.17, 15) is 17.8 Å². The van der Waals surface area contributed by atoms with Gasteiger partial charge in [0.1, 0.15) is 15.9 Å². The lowest BCUT2D eigenvalue weighted by molar-refractivity contribution is 0.0733. The minimum Gasteiger partial charge on any atom is -0.744 e. The fraction of sp³-hybridized carbons (Fsp3) is 0.316. The molecule has 1 saturated carbocycles. The van der Waals surface area contributed by atoms with Gasteiger partial charge in [0, 0.05) is 10.7 Å². The zero-order chi connectivity index (χ0) is 20.5. The van der Waals surface area contributed by atoms with Crippen molar-refractivity contribution in [2.24, 2.45) is 0 Å². The molecule has 2 aromatic rings. The molecule has 150 valence electrons. The van der Waals surface area contributed by atoms with Gasteiger partial charge in [-0.15, -0.1) is 0 Å². The van der Waals surface area contributed by atoms with Crippen LogP contribution in [-0.4, -0.2) is 18.9 Å². The minimum absolute atomic E-state index is 0.00878. The molecule has 0 amide bonds. The van der Waals surface area contributed by atoms with Crippen LogP contribution in [0.1, 0.15) is 53.9 Å². The Morgan fingerprint density at radius 2 is 1.68 bits per heavy atom. The highest BCUT2D eigenvalue weighted by Crippen LogP contribution is 2.38. The number of hydrogen-bond donors (Lipinski definition) is 0. The van der Waals surface area contributed by atoms with Gasteiger partial charge >= 0.3 is 5.97 Å². The van der Waals surface area contributed by atoms with Crippen LogP contribution in [0.5, 0.6) is 5.75 Å². The Balaban J connectivity index is 1.94. The highest BCUT2D eigenvalue weighted by Gasteiger charge is 2.23. The highest BCUT2D eigenvalue weighted by atomic mass is 127. The molecule has 0 aliphatic heterocycles. The van der Waals surface area contributed by atoms with Gasteiger partial charge in [0.05, 0.1) is 10.5 Å². The molecule has 0 N–H and O–H groups in total. The molecule has 0 atom stereocenters. The van der Waals surface area contributed by atoms with Gasteiger partial charge in [-0.2, -0.15) is 0 Å². The van der Waals surface area contributed by atoms with Crippen LogP contribution in [0.15, 0.2) is 35.2 Å². The molecule has 0 aromatic heterocycles. The van der Waals surface area contributed by atoms with Crippen LogP contribution in [-0.2, 0) is 10.1 Å². The number of ether oxygens (including phenoxy) is 1. The SMILES string of the molecule is O=C(Oc1ccc(S(=O)(=O)[O-])c(C2CCCCC2)c1)c1ccc(I)c(I)c1I. The number of carbonyl (C=O) groups is 1. The number of carbonyl (C=O) groups excluding carboxylic acids is 1. The third-order valence-corrected chi connectivity index (χ3v) is 10.9. The predicted molar refractivity (Wildman–Crippen MR) is 130 cm³/mol. The van der Waals surface area contributed by atoms with Crippen molar-refractivity contribution in [1.82, 2.24) is 0 Å². The molecule has 0 radical (unpaired) electrons. The molecule has 1 aliphatic carbocycles. The number of esters is 1. The molecule has 0 unspecified atom stereocenters. The molecule has 0 heterocycles. The Morgan fingerprint density at radius 1 is 1.00 bits per heavy atom. The summed E-state index contributed by atoms with van der Waals surface area (Å²) in [5.41, 5.74) is 0.914. The number of hydrogen-bond acceptors (Lipinski definition) is 5. The van der Waals surface area contributed by atoms with E-state index < -0.39 is 16.1 Å². The zero-order valence-corrected chi connectivity index (χ0v) is 21.9. The normalized spacial score (nSPS) is 15.4. The third-order valence-electron chi connectivity index (χ3n) is 4.76. The van der Waals surface area contributed by atoms with Crippen molar-refractivity contribution in [3.05, 3.63) is 52.2 Å². The lowest BCUT2D eigenvalue weighted by Gasteiger charge is -2.25. The summed E-state index contributed by atoms with van der Waals surface area (Å²) in [5.74, 6) is -0.265. The van der Waals surface area contributed by atoms with E-state index in [0.29, 0.717) is 11.1 Å². The van der Waals surface area contributed by atoms with E-state index in [1.165, 1.54) is 12.1 Å². The molecule has 0 bridgehead atoms. The van der Waals surface area contributed by atoms with Crippen LogP contribution >= 0.6 is 67.8 Å². The molecule has 0 spiro atoms. The van der Waals surface area contributed by atoms with Gasteiger partial charge in [0.15, 0.2) is 0 Å². The lowest BCUT2D eigenvalue weighted by atomic mass is 9.84. The van der Waals surface area contributed by atoms with E-state index in [1.807, 2.05) is 6.07 Å². The van der Waals surface area contributed by atoms with E-state index in [-0.39, 0.29) is 16.6 Å². The number of benzene rings is 2. The second-order valence-corrected chi connectivity index (χ2v) is 11.3. The van der Waals surface area contributed by atoms with E-state index in [1.54, 1.807) is 12.1 Å². The maximum atomic E-state index is 12.7. The van der Waals surface area contributed by atoms with Crippen molar-refractivity contribution in [2.75, 3.05) is 0 Å². The molecular formula is C19H16I3O5S-. The number of halogens is 3. The Kier molecular flexibility index (Phi) is 7.64. The molecule has 1 fully saturated rings. The highest BCUT2D eigenvalue weighted by molar-refractivity contribution is 14.1. The molecule has 2 aromatic carbocycles. The predicted octanol–water partition coefficient (Wildman–Crippen LogP) is 5.67. The summed E-state index contributed by atoms with van der Waals surface area (Å²) in [6, 6.07) is 7.74. The van der Waals surface area contributed by atoms with Crippen LogP contribution in [0.4, 0.5) is 0 Å². The Morgan fingerprint density at radius 3 is 2.32 bits per heavy atom. The smallest absolute Gasteiger partial charge is 0.344 e. The first-order chi connectivity index (χ1) is 13.2. The van der Waals surface area contributed by atoms with Gasteiger partial charge in [-0.3, -0.25) is 0 Å². The standard InChI is InChI=1S/C19H17I3O5S/c20-15-8-7-13(17(21)18(15)22)19(23)27-12-6-9-16(28(24,25)26)14(10-12)11-4-2-1-3-5-11/h6-11H,1-5H2,(H,24,25,26)/p-1. The molecule has 3 rings (SSSR count). The summed E-state index contributed by atoms with van der Waals surface area (Å²) >= 11 is 6.50. The van der Waals surface area contributed by atoms with Crippen LogP contribution < -0.4 is 4.74 Å². The van der Waals surface area contributed by atoms with Gasteiger partial charge in [-0.25, -0.2) is 13.2 Å². The van der Waals surface area contributed by atoms with Gasteiger partial charge in [0.25, 0.3) is 0 Å². The molecule has 28 heavy (non-hydrogen) atoms. The zero-order valence-electron chi connectivity index (χ0n) is 14.6. The molecule has 5 nitrogen and oxygen atoms in total. The average Bonchev–Trinajstić information content (AvgIpc) is 2.66. The van der Waals surface area contributed by atoms with Gasteiger partial charge in [0.2, 0.25) is 0 Å². The summed E-state index contributed by atoms with van der Waals surface area (Å²) in [7, 11) is -4.59. The van der Waals surface area contributed by atoms with E-state index in [2.05, 4.69) is 67.8 Å². The Labute approximate surface area is 205 Å². The van der Waals surface area contributed by atoms with Crippen molar-refractivity contribution in [3.63, 3.8) is 0 Å². The summed E-state index contributed by atoms with van der Waals surface area (Å²) < 4.78 is 43.5. The number of rotatable bonds is 4. The fourth-order valence-electron chi connectivity index (χ4n) is 3.40. The van der Waals surface area contributed by atoms with Crippen LogP contribution in [0.25, 0.3) is 0 Å². The average molecular weight is 737 g/mol. The molecule has 0 saturated heterocycles. The maximum absolute atomic E-state index is 12.7. The second-order valence-electron chi connectivity index (χ2n) is 6.60. The summed E-state index contributed by atoms with van der Waals surface area (Å²) in [6.07, 6.45) is 4.74. The van der Waals surface area contributed by atoms with Crippen molar-refractivity contribution >= 4 is 83.9 Å². The van der Waals surface area contributed by atoms with Crippen molar-refractivity contribution in [3.8, 4) is 5.75 Å². The topological polar surface area (TPSA) is 83.5 Å². The van der Waals surface area contributed by atoms with E-state index in [4.69, 9.17) is 4.74 Å². The third kappa shape index (κ3) is 5.19. The van der Waals surface area contributed by atoms with Crippen LogP contribution in [0, 0.1) is 10.7 Å². The first-order valence-corrected chi connectivity index (χ1v) is 13.3. The lowest BCUT2D eigenvalue weighted by Crippen LogP contribution is -2.14. The minimum atomic E-state index is -4.59. The van der Waals surface area contributed by atoms with Crippen molar-refractivity contribution in [1.29, 1.82) is 0 Å². The second kappa shape index (κ2) is 9.43. The van der Waals surface area contributed by atoms with Crippen molar-refractivity contribution < 1.29 is 22.5 Å². The Bertz CT molecular complexity index is 1010. The monoisotopic (exact) mass is 737 g/mol. The maximum Gasteiger partial charge on any atom is 0.344 e. The van der Waals surface area contributed by atoms with Crippen LogP contribution in [0.3, 0.4) is 0 Å². The van der Waals surface area contributed by atoms with Crippen LogP contribution in [0.2, 0.25) is 0 Å².